The molecule has 3 aromatic rings. The fraction of sp³-hybridized carbons (Fsp3) is 0.0588. The SMILES string of the molecule is Cc1cc(N/N=C\c2ccccc2)nc2ccccc12. The van der Waals surface area contributed by atoms with Crippen LogP contribution in [0, 0.1) is 6.92 Å². The molecule has 3 heteroatoms. The molecule has 0 saturated heterocycles. The van der Waals surface area contributed by atoms with Crippen molar-refractivity contribution < 1.29 is 0 Å². The Morgan fingerprint density at radius 1 is 1.00 bits per heavy atom. The van der Waals surface area contributed by atoms with Crippen molar-refractivity contribution in [3.8, 4) is 0 Å². The summed E-state index contributed by atoms with van der Waals surface area (Å²) in [6, 6.07) is 20.1. The van der Waals surface area contributed by atoms with Crippen LogP contribution in [0.3, 0.4) is 0 Å². The molecule has 1 N–H and O–H groups in total. The van der Waals surface area contributed by atoms with Gasteiger partial charge in [-0.05, 0) is 30.2 Å². The van der Waals surface area contributed by atoms with Crippen molar-refractivity contribution in [2.24, 2.45) is 5.10 Å². The van der Waals surface area contributed by atoms with Gasteiger partial charge in [0.1, 0.15) is 5.82 Å². The molecule has 0 amide bonds. The molecule has 0 aliphatic rings. The third kappa shape index (κ3) is 2.67. The first kappa shape index (κ1) is 12.4. The van der Waals surface area contributed by atoms with Gasteiger partial charge < -0.3 is 0 Å². The second-order valence-electron chi connectivity index (χ2n) is 4.62. The first-order valence-electron chi connectivity index (χ1n) is 6.53. The lowest BCUT2D eigenvalue weighted by molar-refractivity contribution is 1.25. The van der Waals surface area contributed by atoms with Crippen LogP contribution >= 0.6 is 0 Å². The fourth-order valence-corrected chi connectivity index (χ4v) is 2.12. The minimum atomic E-state index is 0.758. The Balaban J connectivity index is 1.83. The molecular formula is C17H15N3. The van der Waals surface area contributed by atoms with Crippen LogP contribution in [0.1, 0.15) is 11.1 Å². The van der Waals surface area contributed by atoms with Crippen molar-refractivity contribution in [2.45, 2.75) is 6.92 Å². The summed E-state index contributed by atoms with van der Waals surface area (Å²) in [4.78, 5) is 4.54. The topological polar surface area (TPSA) is 37.3 Å². The second-order valence-corrected chi connectivity index (χ2v) is 4.62. The third-order valence-electron chi connectivity index (χ3n) is 3.12. The molecule has 0 aliphatic heterocycles. The van der Waals surface area contributed by atoms with Crippen LogP contribution < -0.4 is 5.43 Å². The van der Waals surface area contributed by atoms with Crippen LogP contribution in [-0.4, -0.2) is 11.2 Å². The molecule has 0 fully saturated rings. The zero-order valence-corrected chi connectivity index (χ0v) is 11.2. The third-order valence-corrected chi connectivity index (χ3v) is 3.12. The number of hydrogen-bond donors (Lipinski definition) is 1. The Hall–Kier alpha value is -2.68. The van der Waals surface area contributed by atoms with E-state index >= 15 is 0 Å². The number of aromatic nitrogens is 1. The largest absolute Gasteiger partial charge is 0.261 e. The van der Waals surface area contributed by atoms with Gasteiger partial charge in [-0.1, -0.05) is 48.5 Å². The molecule has 20 heavy (non-hydrogen) atoms. The molecule has 0 radical (unpaired) electrons. The van der Waals surface area contributed by atoms with Gasteiger partial charge in [0, 0.05) is 5.39 Å². The molecule has 2 aromatic carbocycles. The van der Waals surface area contributed by atoms with Gasteiger partial charge in [-0.2, -0.15) is 5.10 Å². The Morgan fingerprint density at radius 2 is 1.75 bits per heavy atom. The van der Waals surface area contributed by atoms with E-state index < -0.39 is 0 Å². The predicted octanol–water partition coefficient (Wildman–Crippen LogP) is 3.99. The summed E-state index contributed by atoms with van der Waals surface area (Å²) in [7, 11) is 0. The standard InChI is InChI=1S/C17H15N3/c1-13-11-17(19-16-10-6-5-9-15(13)16)20-18-12-14-7-3-2-4-8-14/h2-12H,1H3,(H,19,20)/b18-12-. The number of hydrogen-bond acceptors (Lipinski definition) is 3. The molecule has 0 spiro atoms. The molecular weight excluding hydrogens is 246 g/mol. The van der Waals surface area contributed by atoms with Crippen molar-refractivity contribution in [2.75, 3.05) is 5.43 Å². The first-order valence-corrected chi connectivity index (χ1v) is 6.53. The first-order chi connectivity index (χ1) is 9.83. The maximum atomic E-state index is 4.54. The highest BCUT2D eigenvalue weighted by Crippen LogP contribution is 2.19. The Bertz CT molecular complexity index is 749. The number of benzene rings is 2. The normalized spacial score (nSPS) is 11.1. The summed E-state index contributed by atoms with van der Waals surface area (Å²) < 4.78 is 0. The van der Waals surface area contributed by atoms with Crippen LogP contribution in [-0.2, 0) is 0 Å². The Kier molecular flexibility index (Phi) is 3.42. The van der Waals surface area contributed by atoms with Crippen molar-refractivity contribution >= 4 is 22.9 Å². The van der Waals surface area contributed by atoms with Gasteiger partial charge in [-0.25, -0.2) is 4.98 Å². The van der Waals surface area contributed by atoms with Crippen LogP contribution in [0.15, 0.2) is 65.8 Å². The van der Waals surface area contributed by atoms with E-state index in [1.807, 2.05) is 54.6 Å². The van der Waals surface area contributed by atoms with E-state index in [0.717, 1.165) is 16.9 Å². The average molecular weight is 261 g/mol. The molecule has 3 nitrogen and oxygen atoms in total. The monoisotopic (exact) mass is 261 g/mol. The van der Waals surface area contributed by atoms with Gasteiger partial charge in [0.2, 0.25) is 0 Å². The molecule has 0 saturated carbocycles. The van der Waals surface area contributed by atoms with Crippen molar-refractivity contribution in [1.29, 1.82) is 0 Å². The second kappa shape index (κ2) is 5.53. The number of anilines is 1. The zero-order chi connectivity index (χ0) is 13.8. The molecule has 0 aliphatic carbocycles. The van der Waals surface area contributed by atoms with Gasteiger partial charge in [0.05, 0.1) is 11.7 Å². The van der Waals surface area contributed by atoms with Crippen LogP contribution in [0.5, 0.6) is 0 Å². The maximum absolute atomic E-state index is 4.54. The maximum Gasteiger partial charge on any atom is 0.147 e. The fourth-order valence-electron chi connectivity index (χ4n) is 2.12. The molecule has 3 rings (SSSR count). The minimum Gasteiger partial charge on any atom is -0.261 e. The molecule has 1 aromatic heterocycles. The number of para-hydroxylation sites is 1. The van der Waals surface area contributed by atoms with Gasteiger partial charge in [0.25, 0.3) is 0 Å². The van der Waals surface area contributed by atoms with Gasteiger partial charge in [-0.15, -0.1) is 0 Å². The van der Waals surface area contributed by atoms with E-state index in [1.54, 1.807) is 6.21 Å². The van der Waals surface area contributed by atoms with Gasteiger partial charge in [-0.3, -0.25) is 5.43 Å². The van der Waals surface area contributed by atoms with E-state index in [4.69, 9.17) is 0 Å². The highest BCUT2D eigenvalue weighted by Gasteiger charge is 2.00. The number of hydrazone groups is 1. The highest BCUT2D eigenvalue weighted by atomic mass is 15.3. The van der Waals surface area contributed by atoms with Gasteiger partial charge >= 0.3 is 0 Å². The Morgan fingerprint density at radius 3 is 2.60 bits per heavy atom. The van der Waals surface area contributed by atoms with Crippen molar-refractivity contribution in [3.63, 3.8) is 0 Å². The minimum absolute atomic E-state index is 0.758. The van der Waals surface area contributed by atoms with Crippen LogP contribution in [0.4, 0.5) is 5.82 Å². The lowest BCUT2D eigenvalue weighted by Crippen LogP contribution is -1.95. The molecule has 0 unspecified atom stereocenters. The average Bonchev–Trinajstić information content (AvgIpc) is 2.48. The summed E-state index contributed by atoms with van der Waals surface area (Å²) in [6.07, 6.45) is 1.78. The molecule has 0 bridgehead atoms. The number of nitrogens with zero attached hydrogens (tertiary/aromatic N) is 2. The number of nitrogens with one attached hydrogen (secondary N) is 1. The molecule has 1 heterocycles. The summed E-state index contributed by atoms with van der Waals surface area (Å²) in [6.45, 7) is 2.08. The molecule has 0 atom stereocenters. The van der Waals surface area contributed by atoms with Crippen LogP contribution in [0.2, 0.25) is 0 Å². The lowest BCUT2D eigenvalue weighted by Gasteiger charge is -2.05. The van der Waals surface area contributed by atoms with Crippen molar-refractivity contribution in [1.82, 2.24) is 4.98 Å². The van der Waals surface area contributed by atoms with Gasteiger partial charge in [0.15, 0.2) is 0 Å². The smallest absolute Gasteiger partial charge is 0.147 e. The summed E-state index contributed by atoms with van der Waals surface area (Å²) >= 11 is 0. The van der Waals surface area contributed by atoms with E-state index in [0.29, 0.717) is 0 Å². The summed E-state index contributed by atoms with van der Waals surface area (Å²) in [5.74, 6) is 0.758. The number of pyridine rings is 1. The number of rotatable bonds is 3. The number of aryl methyl sites for hydroxylation is 1. The van der Waals surface area contributed by atoms with E-state index in [1.165, 1.54) is 10.9 Å². The Labute approximate surface area is 118 Å². The lowest BCUT2D eigenvalue weighted by atomic mass is 10.1. The predicted molar refractivity (Wildman–Crippen MR) is 84.1 cm³/mol. The molecule has 98 valence electrons. The summed E-state index contributed by atoms with van der Waals surface area (Å²) in [5.41, 5.74) is 6.20. The summed E-state index contributed by atoms with van der Waals surface area (Å²) in [5, 5.41) is 5.39. The quantitative estimate of drug-likeness (QED) is 0.571. The number of fused-ring (bicyclic) bond motifs is 1. The highest BCUT2D eigenvalue weighted by molar-refractivity contribution is 5.84. The van der Waals surface area contributed by atoms with E-state index in [-0.39, 0.29) is 0 Å². The van der Waals surface area contributed by atoms with E-state index in [9.17, 15) is 0 Å². The van der Waals surface area contributed by atoms with Crippen molar-refractivity contribution in [3.05, 3.63) is 71.8 Å². The van der Waals surface area contributed by atoms with E-state index in [2.05, 4.69) is 28.5 Å². The van der Waals surface area contributed by atoms with Crippen LogP contribution in [0.25, 0.3) is 10.9 Å². The zero-order valence-electron chi connectivity index (χ0n) is 11.2.